The van der Waals surface area contributed by atoms with Crippen LogP contribution in [0.1, 0.15) is 39.0 Å². The molecule has 88 valence electrons. The Hall–Kier alpha value is -0.0800. The van der Waals surface area contributed by atoms with Crippen LogP contribution in [0.2, 0.25) is 0 Å². The Morgan fingerprint density at radius 2 is 1.87 bits per heavy atom. The van der Waals surface area contributed by atoms with E-state index in [1.807, 2.05) is 0 Å². The number of rotatable bonds is 3. The van der Waals surface area contributed by atoms with Crippen LogP contribution in [0.15, 0.2) is 0 Å². The normalized spacial score (nSPS) is 34.8. The summed E-state index contributed by atoms with van der Waals surface area (Å²) in [5, 5.41) is 3.40. The van der Waals surface area contributed by atoms with Crippen LogP contribution < -0.4 is 5.32 Å². The van der Waals surface area contributed by atoms with Gasteiger partial charge in [-0.2, -0.15) is 0 Å². The maximum absolute atomic E-state index is 3.40. The number of nitrogens with one attached hydrogen (secondary N) is 1. The minimum Gasteiger partial charge on any atom is -0.317 e. The van der Waals surface area contributed by atoms with Gasteiger partial charge in [0.2, 0.25) is 0 Å². The summed E-state index contributed by atoms with van der Waals surface area (Å²) in [7, 11) is 2.10. The Kier molecular flexibility index (Phi) is 4.04. The molecular weight excluding hydrogens is 184 g/mol. The molecule has 2 nitrogen and oxygen atoms in total. The van der Waals surface area contributed by atoms with Gasteiger partial charge in [-0.1, -0.05) is 19.8 Å². The van der Waals surface area contributed by atoms with E-state index in [0.29, 0.717) is 0 Å². The van der Waals surface area contributed by atoms with Crippen molar-refractivity contribution in [1.82, 2.24) is 10.2 Å². The van der Waals surface area contributed by atoms with Gasteiger partial charge in [0.1, 0.15) is 0 Å². The Bertz CT molecular complexity index is 185. The molecule has 2 aliphatic rings. The van der Waals surface area contributed by atoms with Gasteiger partial charge in [-0.25, -0.2) is 0 Å². The molecule has 2 fully saturated rings. The average Bonchev–Trinajstić information content (AvgIpc) is 2.66. The highest BCUT2D eigenvalue weighted by molar-refractivity contribution is 4.81. The van der Waals surface area contributed by atoms with E-state index in [1.165, 1.54) is 51.7 Å². The van der Waals surface area contributed by atoms with Crippen molar-refractivity contribution in [3.63, 3.8) is 0 Å². The first-order valence-corrected chi connectivity index (χ1v) is 6.69. The molecule has 1 saturated heterocycles. The van der Waals surface area contributed by atoms with Crippen molar-refractivity contribution >= 4 is 0 Å². The van der Waals surface area contributed by atoms with Crippen molar-refractivity contribution < 1.29 is 0 Å². The monoisotopic (exact) mass is 210 g/mol. The number of hydrogen-bond acceptors (Lipinski definition) is 2. The maximum Gasteiger partial charge on any atom is 0.00884 e. The third-order valence-corrected chi connectivity index (χ3v) is 4.53. The van der Waals surface area contributed by atoms with Crippen molar-refractivity contribution in [3.8, 4) is 0 Å². The van der Waals surface area contributed by atoms with E-state index >= 15 is 0 Å². The van der Waals surface area contributed by atoms with Crippen LogP contribution in [0.5, 0.6) is 0 Å². The third-order valence-electron chi connectivity index (χ3n) is 4.53. The van der Waals surface area contributed by atoms with Crippen LogP contribution in [-0.4, -0.2) is 37.6 Å². The maximum atomic E-state index is 3.40. The topological polar surface area (TPSA) is 15.3 Å². The molecule has 2 rings (SSSR count). The molecule has 0 bridgehead atoms. The zero-order chi connectivity index (χ0) is 10.7. The summed E-state index contributed by atoms with van der Waals surface area (Å²) in [4.78, 5) is 2.69. The quantitative estimate of drug-likeness (QED) is 0.767. The van der Waals surface area contributed by atoms with E-state index in [2.05, 4.69) is 24.2 Å². The molecule has 0 aromatic carbocycles. The van der Waals surface area contributed by atoms with Gasteiger partial charge in [-0.3, -0.25) is 0 Å². The van der Waals surface area contributed by atoms with E-state index in [1.54, 1.807) is 0 Å². The first-order chi connectivity index (χ1) is 7.29. The Morgan fingerprint density at radius 3 is 2.40 bits per heavy atom. The predicted molar refractivity (Wildman–Crippen MR) is 65.0 cm³/mol. The lowest BCUT2D eigenvalue weighted by Crippen LogP contribution is -2.43. The molecule has 0 amide bonds. The molecule has 2 atom stereocenters. The summed E-state index contributed by atoms with van der Waals surface area (Å²) >= 11 is 0. The van der Waals surface area contributed by atoms with Gasteiger partial charge < -0.3 is 10.2 Å². The minimum absolute atomic E-state index is 0.780. The van der Waals surface area contributed by atoms with Crippen LogP contribution in [0, 0.1) is 11.8 Å². The predicted octanol–water partition coefficient (Wildman–Crippen LogP) is 2.11. The van der Waals surface area contributed by atoms with Crippen molar-refractivity contribution in [3.05, 3.63) is 0 Å². The second-order valence-electron chi connectivity index (χ2n) is 5.53. The standard InChI is InChI=1S/C13H26N2/c1-11-4-3-5-12(11)10-15-8-6-13(14-2)7-9-15/h11-14H,3-10H2,1-2H3. The SMILES string of the molecule is CNC1CCN(CC2CCCC2C)CC1. The van der Waals surface area contributed by atoms with Gasteiger partial charge in [0.25, 0.3) is 0 Å². The van der Waals surface area contributed by atoms with E-state index in [0.717, 1.165) is 17.9 Å². The summed E-state index contributed by atoms with van der Waals surface area (Å²) in [5.41, 5.74) is 0. The molecule has 15 heavy (non-hydrogen) atoms. The van der Waals surface area contributed by atoms with Gasteiger partial charge in [0.05, 0.1) is 0 Å². The van der Waals surface area contributed by atoms with Gasteiger partial charge in [0.15, 0.2) is 0 Å². The summed E-state index contributed by atoms with van der Waals surface area (Å²) in [5.74, 6) is 1.98. The average molecular weight is 210 g/mol. The van der Waals surface area contributed by atoms with Crippen molar-refractivity contribution in [2.24, 2.45) is 11.8 Å². The van der Waals surface area contributed by atoms with Crippen LogP contribution in [0.25, 0.3) is 0 Å². The minimum atomic E-state index is 0.780. The summed E-state index contributed by atoms with van der Waals surface area (Å²) in [6, 6.07) is 0.780. The second-order valence-corrected chi connectivity index (χ2v) is 5.53. The summed E-state index contributed by atoms with van der Waals surface area (Å²) in [6.45, 7) is 6.44. The molecule has 2 unspecified atom stereocenters. The van der Waals surface area contributed by atoms with Crippen LogP contribution in [-0.2, 0) is 0 Å². The molecule has 1 heterocycles. The highest BCUT2D eigenvalue weighted by atomic mass is 15.1. The van der Waals surface area contributed by atoms with E-state index in [-0.39, 0.29) is 0 Å². The zero-order valence-corrected chi connectivity index (χ0v) is 10.3. The van der Waals surface area contributed by atoms with Crippen molar-refractivity contribution in [2.45, 2.75) is 45.1 Å². The molecule has 1 saturated carbocycles. The highest BCUT2D eigenvalue weighted by Gasteiger charge is 2.27. The second kappa shape index (κ2) is 5.31. The molecule has 0 aromatic heterocycles. The number of nitrogens with zero attached hydrogens (tertiary/aromatic N) is 1. The fourth-order valence-electron chi connectivity index (χ4n) is 3.23. The van der Waals surface area contributed by atoms with Gasteiger partial charge >= 0.3 is 0 Å². The lowest BCUT2D eigenvalue weighted by atomic mass is 9.96. The Labute approximate surface area is 94.4 Å². The van der Waals surface area contributed by atoms with Gasteiger partial charge in [-0.15, -0.1) is 0 Å². The summed E-state index contributed by atoms with van der Waals surface area (Å²) < 4.78 is 0. The van der Waals surface area contributed by atoms with Gasteiger partial charge in [-0.05, 0) is 51.2 Å². The smallest absolute Gasteiger partial charge is 0.00884 e. The molecule has 0 spiro atoms. The largest absolute Gasteiger partial charge is 0.317 e. The first-order valence-electron chi connectivity index (χ1n) is 6.69. The van der Waals surface area contributed by atoms with Crippen LogP contribution in [0.4, 0.5) is 0 Å². The Balaban J connectivity index is 1.72. The Morgan fingerprint density at radius 1 is 1.13 bits per heavy atom. The van der Waals surface area contributed by atoms with Crippen molar-refractivity contribution in [1.29, 1.82) is 0 Å². The fraction of sp³-hybridized carbons (Fsp3) is 1.00. The highest BCUT2D eigenvalue weighted by Crippen LogP contribution is 2.32. The summed E-state index contributed by atoms with van der Waals surface area (Å²) in [6.07, 6.45) is 7.11. The fourth-order valence-corrected chi connectivity index (χ4v) is 3.23. The molecular formula is C13H26N2. The lowest BCUT2D eigenvalue weighted by molar-refractivity contribution is 0.163. The number of likely N-dealkylation sites (tertiary alicyclic amines) is 1. The first kappa shape index (κ1) is 11.4. The van der Waals surface area contributed by atoms with Gasteiger partial charge in [0, 0.05) is 12.6 Å². The van der Waals surface area contributed by atoms with Crippen molar-refractivity contribution in [2.75, 3.05) is 26.7 Å². The van der Waals surface area contributed by atoms with Crippen LogP contribution >= 0.6 is 0 Å². The van der Waals surface area contributed by atoms with E-state index in [4.69, 9.17) is 0 Å². The van der Waals surface area contributed by atoms with Crippen LogP contribution in [0.3, 0.4) is 0 Å². The molecule has 1 aliphatic carbocycles. The number of hydrogen-bond donors (Lipinski definition) is 1. The molecule has 1 N–H and O–H groups in total. The van der Waals surface area contributed by atoms with E-state index in [9.17, 15) is 0 Å². The molecule has 0 radical (unpaired) electrons. The number of piperidine rings is 1. The molecule has 2 heteroatoms. The van der Waals surface area contributed by atoms with E-state index < -0.39 is 0 Å². The molecule has 0 aromatic rings. The lowest BCUT2D eigenvalue weighted by Gasteiger charge is -2.34. The third kappa shape index (κ3) is 2.94. The molecule has 1 aliphatic heterocycles. The zero-order valence-electron chi connectivity index (χ0n) is 10.3.